The van der Waals surface area contributed by atoms with Crippen LogP contribution in [0.4, 0.5) is 0 Å². The number of nitrogens with one attached hydrogen (secondary N) is 1. The zero-order valence-electron chi connectivity index (χ0n) is 13.5. The zero-order chi connectivity index (χ0) is 16.5. The molecule has 0 aliphatic heterocycles. The zero-order valence-corrected chi connectivity index (χ0v) is 14.3. The van der Waals surface area contributed by atoms with Crippen molar-refractivity contribution in [3.8, 4) is 0 Å². The average molecular weight is 330 g/mol. The molecule has 1 unspecified atom stereocenters. The lowest BCUT2D eigenvalue weighted by molar-refractivity contribution is 0.302. The number of hydrogen-bond donors (Lipinski definition) is 2. The molecule has 3 heteroatoms. The van der Waals surface area contributed by atoms with Gasteiger partial charge >= 0.3 is 0 Å². The fraction of sp³-hybridized carbons (Fsp3) is 0.300. The molecule has 0 aliphatic carbocycles. The van der Waals surface area contributed by atoms with Gasteiger partial charge in [-0.1, -0.05) is 67.1 Å². The molecule has 0 saturated carbocycles. The molecule has 0 heterocycles. The van der Waals surface area contributed by atoms with Crippen molar-refractivity contribution in [1.29, 1.82) is 0 Å². The maximum Gasteiger partial charge on any atom is 0.0580 e. The van der Waals surface area contributed by atoms with E-state index >= 15 is 0 Å². The average Bonchev–Trinajstić information content (AvgIpc) is 2.58. The van der Waals surface area contributed by atoms with Gasteiger partial charge in [-0.3, -0.25) is 0 Å². The van der Waals surface area contributed by atoms with Gasteiger partial charge in [0, 0.05) is 11.6 Å². The summed E-state index contributed by atoms with van der Waals surface area (Å²) in [5.41, 5.74) is 3.48. The summed E-state index contributed by atoms with van der Waals surface area (Å²) in [5.74, 6) is 0. The smallest absolute Gasteiger partial charge is 0.0580 e. The minimum atomic E-state index is 0.0580. The van der Waals surface area contributed by atoms with Crippen LogP contribution in [-0.4, -0.2) is 18.3 Å². The van der Waals surface area contributed by atoms with Gasteiger partial charge in [-0.25, -0.2) is 0 Å². The molecule has 2 rings (SSSR count). The Hall–Kier alpha value is -1.61. The Bertz CT molecular complexity index is 625. The third kappa shape index (κ3) is 5.21. The number of benzene rings is 2. The molecule has 23 heavy (non-hydrogen) atoms. The molecular formula is C20H24ClNO. The van der Waals surface area contributed by atoms with Crippen molar-refractivity contribution in [3.05, 3.63) is 76.8 Å². The summed E-state index contributed by atoms with van der Waals surface area (Å²) in [4.78, 5) is 0. The molecular weight excluding hydrogens is 306 g/mol. The molecule has 0 saturated heterocycles. The van der Waals surface area contributed by atoms with E-state index in [1.165, 1.54) is 5.57 Å². The first-order valence-electron chi connectivity index (χ1n) is 8.11. The Morgan fingerprint density at radius 2 is 1.96 bits per heavy atom. The molecule has 0 amide bonds. The Labute approximate surface area is 143 Å². The van der Waals surface area contributed by atoms with Crippen LogP contribution in [0.25, 0.3) is 5.57 Å². The van der Waals surface area contributed by atoms with E-state index in [9.17, 15) is 5.11 Å². The van der Waals surface area contributed by atoms with Crippen LogP contribution >= 0.6 is 11.6 Å². The Balaban J connectivity index is 2.43. The van der Waals surface area contributed by atoms with Gasteiger partial charge in [0.2, 0.25) is 0 Å². The van der Waals surface area contributed by atoms with Gasteiger partial charge in [0.05, 0.1) is 6.04 Å². The predicted octanol–water partition coefficient (Wildman–Crippen LogP) is 4.85. The Morgan fingerprint density at radius 3 is 2.61 bits per heavy atom. The van der Waals surface area contributed by atoms with E-state index in [0.717, 1.165) is 29.1 Å². The summed E-state index contributed by atoms with van der Waals surface area (Å²) in [5, 5.41) is 13.6. The van der Waals surface area contributed by atoms with Gasteiger partial charge in [0.15, 0.2) is 0 Å². The lowest BCUT2D eigenvalue weighted by Gasteiger charge is -2.23. The summed E-state index contributed by atoms with van der Waals surface area (Å²) >= 11 is 6.19. The van der Waals surface area contributed by atoms with Crippen LogP contribution in [0.3, 0.4) is 0 Å². The lowest BCUT2D eigenvalue weighted by Crippen LogP contribution is -2.23. The maximum absolute atomic E-state index is 9.25. The second-order valence-corrected chi connectivity index (χ2v) is 5.92. The number of rotatable bonds is 8. The molecule has 0 fully saturated rings. The molecule has 0 aliphatic rings. The van der Waals surface area contributed by atoms with E-state index in [1.807, 2.05) is 36.4 Å². The number of aliphatic hydroxyl groups is 1. The molecule has 0 bridgehead atoms. The number of halogens is 1. The van der Waals surface area contributed by atoms with Crippen LogP contribution in [0.5, 0.6) is 0 Å². The predicted molar refractivity (Wildman–Crippen MR) is 98.6 cm³/mol. The van der Waals surface area contributed by atoms with Crippen molar-refractivity contribution in [2.75, 3.05) is 13.2 Å². The van der Waals surface area contributed by atoms with Gasteiger partial charge in [0.1, 0.15) is 0 Å². The van der Waals surface area contributed by atoms with Crippen LogP contribution in [0, 0.1) is 0 Å². The Kier molecular flexibility index (Phi) is 7.34. The van der Waals surface area contributed by atoms with E-state index < -0.39 is 0 Å². The van der Waals surface area contributed by atoms with Crippen LogP contribution < -0.4 is 5.32 Å². The van der Waals surface area contributed by atoms with E-state index in [0.29, 0.717) is 6.42 Å². The molecule has 0 spiro atoms. The van der Waals surface area contributed by atoms with E-state index in [-0.39, 0.29) is 12.6 Å². The second kappa shape index (κ2) is 9.51. The summed E-state index contributed by atoms with van der Waals surface area (Å²) in [6.45, 7) is 3.22. The highest BCUT2D eigenvalue weighted by atomic mass is 35.5. The molecule has 2 N–H and O–H groups in total. The van der Waals surface area contributed by atoms with Crippen molar-refractivity contribution in [2.24, 2.45) is 0 Å². The first-order valence-corrected chi connectivity index (χ1v) is 8.49. The molecule has 122 valence electrons. The van der Waals surface area contributed by atoms with E-state index in [4.69, 9.17) is 11.6 Å². The molecule has 0 radical (unpaired) electrons. The van der Waals surface area contributed by atoms with Crippen LogP contribution in [0.1, 0.15) is 36.9 Å². The number of hydrogen-bond acceptors (Lipinski definition) is 2. The Morgan fingerprint density at radius 1 is 1.17 bits per heavy atom. The molecule has 2 nitrogen and oxygen atoms in total. The van der Waals surface area contributed by atoms with E-state index in [1.54, 1.807) is 0 Å². The molecule has 2 aromatic carbocycles. The monoisotopic (exact) mass is 329 g/mol. The highest BCUT2D eigenvalue weighted by Gasteiger charge is 2.17. The van der Waals surface area contributed by atoms with E-state index in [2.05, 4.69) is 36.5 Å². The summed E-state index contributed by atoms with van der Waals surface area (Å²) < 4.78 is 0. The standard InChI is InChI=1S/C20H24ClNO/c1-2-13-22-20(17-10-6-11-18(21)15-17)19(12-7-14-23)16-8-4-3-5-9-16/h3-6,8-12,15,20,22-23H,2,7,13-14H2,1H3/b19-12+. The highest BCUT2D eigenvalue weighted by molar-refractivity contribution is 6.30. The largest absolute Gasteiger partial charge is 0.396 e. The van der Waals surface area contributed by atoms with Crippen LogP contribution in [-0.2, 0) is 0 Å². The highest BCUT2D eigenvalue weighted by Crippen LogP contribution is 2.31. The summed E-state index contributed by atoms with van der Waals surface area (Å²) in [6.07, 6.45) is 3.80. The van der Waals surface area contributed by atoms with Crippen molar-refractivity contribution in [2.45, 2.75) is 25.8 Å². The topological polar surface area (TPSA) is 32.3 Å². The fourth-order valence-corrected chi connectivity index (χ4v) is 2.83. The summed E-state index contributed by atoms with van der Waals surface area (Å²) in [7, 11) is 0. The number of aliphatic hydroxyl groups excluding tert-OH is 1. The van der Waals surface area contributed by atoms with Crippen LogP contribution in [0.2, 0.25) is 5.02 Å². The first kappa shape index (κ1) is 17.7. The van der Waals surface area contributed by atoms with Crippen molar-refractivity contribution in [3.63, 3.8) is 0 Å². The van der Waals surface area contributed by atoms with Gasteiger partial charge in [0.25, 0.3) is 0 Å². The summed E-state index contributed by atoms with van der Waals surface area (Å²) in [6, 6.07) is 18.3. The van der Waals surface area contributed by atoms with Gasteiger partial charge in [-0.2, -0.15) is 0 Å². The minimum absolute atomic E-state index is 0.0580. The third-order valence-electron chi connectivity index (χ3n) is 3.69. The van der Waals surface area contributed by atoms with Crippen molar-refractivity contribution < 1.29 is 5.11 Å². The SMILES string of the molecule is CCCNC(/C(=C/CCO)c1ccccc1)c1cccc(Cl)c1. The second-order valence-electron chi connectivity index (χ2n) is 5.48. The molecule has 0 aromatic heterocycles. The quantitative estimate of drug-likeness (QED) is 0.725. The first-order chi connectivity index (χ1) is 11.3. The fourth-order valence-electron chi connectivity index (χ4n) is 2.64. The molecule has 2 aromatic rings. The normalized spacial score (nSPS) is 13.1. The van der Waals surface area contributed by atoms with Gasteiger partial charge in [-0.15, -0.1) is 0 Å². The lowest BCUT2D eigenvalue weighted by atomic mass is 9.92. The third-order valence-corrected chi connectivity index (χ3v) is 3.93. The van der Waals surface area contributed by atoms with Crippen molar-refractivity contribution in [1.82, 2.24) is 5.32 Å². The van der Waals surface area contributed by atoms with Crippen LogP contribution in [0.15, 0.2) is 60.7 Å². The van der Waals surface area contributed by atoms with Crippen molar-refractivity contribution >= 4 is 17.2 Å². The van der Waals surface area contributed by atoms with Gasteiger partial charge in [-0.05, 0) is 48.2 Å². The minimum Gasteiger partial charge on any atom is -0.396 e. The van der Waals surface area contributed by atoms with Gasteiger partial charge < -0.3 is 10.4 Å². The maximum atomic E-state index is 9.25. The molecule has 1 atom stereocenters.